The summed E-state index contributed by atoms with van der Waals surface area (Å²) < 4.78 is 65.6. The highest BCUT2D eigenvalue weighted by Crippen LogP contribution is 2.48. The number of nitrogens with zero attached hydrogens (tertiary/aromatic N) is 4. The zero-order chi connectivity index (χ0) is 32.8. The van der Waals surface area contributed by atoms with Gasteiger partial charge in [0.05, 0.1) is 37.5 Å². The predicted molar refractivity (Wildman–Crippen MR) is 158 cm³/mol. The van der Waals surface area contributed by atoms with Crippen LogP contribution in [0.5, 0.6) is 0 Å². The third kappa shape index (κ3) is 11.2. The minimum Gasteiger partial charge on any atom is -0.432 e. The third-order valence-electron chi connectivity index (χ3n) is 6.90. The molecule has 2 aromatic heterocycles. The van der Waals surface area contributed by atoms with Crippen LogP contribution < -0.4 is 5.32 Å². The molecule has 0 radical (unpaired) electrons. The van der Waals surface area contributed by atoms with Gasteiger partial charge in [0.1, 0.15) is 25.4 Å². The predicted octanol–water partition coefficient (Wildman–Crippen LogP) is 4.23. The van der Waals surface area contributed by atoms with Gasteiger partial charge in [0.25, 0.3) is 0 Å². The van der Waals surface area contributed by atoms with Crippen LogP contribution >= 0.6 is 19.2 Å². The van der Waals surface area contributed by atoms with Crippen molar-refractivity contribution in [1.82, 2.24) is 19.7 Å². The normalized spacial score (nSPS) is 18.6. The number of ether oxygens (including phenoxy) is 8. The second kappa shape index (κ2) is 18.5. The number of aromatic nitrogens is 4. The standard InChI is InChI=1S/C26H39ClN5O13P/c1-36-9-11-39-25(33)41-15-43-46(35,44-16-42-26(34)40-12-10-37-2)17-38-14-19-7-8-21(45-19)32-23-20(13-28-32)22(30-24(27)31-23)29-18-5-3-4-6-18/h13,18-19,21H,3-12,14-17H2,1-2H3,(H,29,30,31)/t19-,21+/m0/s1. The van der Waals surface area contributed by atoms with Gasteiger partial charge < -0.3 is 43.2 Å². The summed E-state index contributed by atoms with van der Waals surface area (Å²) in [5, 5.41) is 8.80. The summed E-state index contributed by atoms with van der Waals surface area (Å²) in [4.78, 5) is 32.1. The summed E-state index contributed by atoms with van der Waals surface area (Å²) in [6, 6.07) is 0.327. The fourth-order valence-electron chi connectivity index (χ4n) is 4.69. The average molecular weight is 696 g/mol. The second-order valence-corrected chi connectivity index (χ2v) is 12.5. The maximum atomic E-state index is 13.3. The molecule has 0 bridgehead atoms. The van der Waals surface area contributed by atoms with Gasteiger partial charge in [-0.1, -0.05) is 12.8 Å². The van der Waals surface area contributed by atoms with Crippen LogP contribution in [0.15, 0.2) is 6.20 Å². The first-order valence-corrected chi connectivity index (χ1v) is 16.8. The number of carbonyl (C=O) groups is 2. The molecule has 2 fully saturated rings. The third-order valence-corrected chi connectivity index (χ3v) is 8.57. The summed E-state index contributed by atoms with van der Waals surface area (Å²) in [7, 11) is -1.25. The number of methoxy groups -OCH3 is 2. The lowest BCUT2D eigenvalue weighted by atomic mass is 10.2. The van der Waals surface area contributed by atoms with Gasteiger partial charge in [-0.2, -0.15) is 15.1 Å². The molecule has 2 aliphatic rings. The smallest absolute Gasteiger partial charge is 0.432 e. The molecule has 4 rings (SSSR count). The molecule has 1 N–H and O–H groups in total. The molecule has 46 heavy (non-hydrogen) atoms. The van der Waals surface area contributed by atoms with Crippen LogP contribution in [0.1, 0.15) is 44.8 Å². The molecule has 1 aliphatic heterocycles. The van der Waals surface area contributed by atoms with Gasteiger partial charge in [-0.3, -0.25) is 13.6 Å². The molecule has 3 heterocycles. The molecule has 18 nitrogen and oxygen atoms in total. The van der Waals surface area contributed by atoms with E-state index in [-0.39, 0.29) is 38.3 Å². The molecule has 2 aromatic rings. The lowest BCUT2D eigenvalue weighted by Gasteiger charge is -2.19. The summed E-state index contributed by atoms with van der Waals surface area (Å²) in [6.07, 6.45) is 3.76. The highest BCUT2D eigenvalue weighted by atomic mass is 35.5. The Labute approximate surface area is 270 Å². The largest absolute Gasteiger partial charge is 0.510 e. The average Bonchev–Trinajstić information content (AvgIpc) is 3.79. The molecule has 258 valence electrons. The summed E-state index contributed by atoms with van der Waals surface area (Å²) in [5.41, 5.74) is 0.542. The summed E-state index contributed by atoms with van der Waals surface area (Å²) in [6.45, 7) is -1.37. The van der Waals surface area contributed by atoms with Crippen molar-refractivity contribution in [2.24, 2.45) is 0 Å². The van der Waals surface area contributed by atoms with Crippen LogP contribution in [0.2, 0.25) is 5.28 Å². The van der Waals surface area contributed by atoms with E-state index >= 15 is 0 Å². The zero-order valence-corrected chi connectivity index (χ0v) is 27.3. The monoisotopic (exact) mass is 695 g/mol. The van der Waals surface area contributed by atoms with Crippen molar-refractivity contribution in [3.05, 3.63) is 11.5 Å². The van der Waals surface area contributed by atoms with Gasteiger partial charge in [0.15, 0.2) is 11.9 Å². The maximum absolute atomic E-state index is 13.3. The topological polar surface area (TPSA) is 199 Å². The molecule has 0 spiro atoms. The number of halogens is 1. The van der Waals surface area contributed by atoms with Gasteiger partial charge in [-0.25, -0.2) is 14.3 Å². The van der Waals surface area contributed by atoms with Crippen molar-refractivity contribution in [2.75, 3.05) is 72.5 Å². The number of carbonyl (C=O) groups excluding carboxylic acids is 2. The molecule has 1 saturated heterocycles. The lowest BCUT2D eigenvalue weighted by Crippen LogP contribution is -2.19. The first-order chi connectivity index (χ1) is 22.3. The van der Waals surface area contributed by atoms with Crippen LogP contribution in [0, 0.1) is 0 Å². The molecule has 2 atom stereocenters. The molecular formula is C26H39ClN5O13P. The SMILES string of the molecule is COCCOC(=O)OCOP(=O)(COC[C@@H]1CC[C@H](n2ncc3c(NC4CCCC4)nc(Cl)nc32)O1)OCOC(=O)OCCOC. The Balaban J connectivity index is 1.29. The van der Waals surface area contributed by atoms with E-state index in [1.807, 2.05) is 0 Å². The summed E-state index contributed by atoms with van der Waals surface area (Å²) in [5.74, 6) is 0.640. The van der Waals surface area contributed by atoms with E-state index in [0.29, 0.717) is 30.3 Å². The number of hydrogen-bond acceptors (Lipinski definition) is 17. The van der Waals surface area contributed by atoms with E-state index < -0.39 is 52.2 Å². The van der Waals surface area contributed by atoms with E-state index in [9.17, 15) is 14.2 Å². The molecule has 0 amide bonds. The first-order valence-electron chi connectivity index (χ1n) is 14.7. The fourth-order valence-corrected chi connectivity index (χ4v) is 5.83. The maximum Gasteiger partial charge on any atom is 0.510 e. The highest BCUT2D eigenvalue weighted by molar-refractivity contribution is 7.53. The van der Waals surface area contributed by atoms with Crippen LogP contribution in [0.4, 0.5) is 15.4 Å². The van der Waals surface area contributed by atoms with Crippen molar-refractivity contribution in [2.45, 2.75) is 56.9 Å². The minimum atomic E-state index is -4.12. The minimum absolute atomic E-state index is 0.0104. The van der Waals surface area contributed by atoms with Crippen molar-refractivity contribution < 1.29 is 61.1 Å². The molecular weight excluding hydrogens is 657 g/mol. The quantitative estimate of drug-likeness (QED) is 0.0719. The Morgan fingerprint density at radius 2 is 1.61 bits per heavy atom. The van der Waals surface area contributed by atoms with Crippen molar-refractivity contribution >= 4 is 48.4 Å². The van der Waals surface area contributed by atoms with E-state index in [1.54, 1.807) is 10.9 Å². The van der Waals surface area contributed by atoms with Gasteiger partial charge >= 0.3 is 19.9 Å². The number of anilines is 1. The fraction of sp³-hybridized carbons (Fsp3) is 0.731. The van der Waals surface area contributed by atoms with E-state index in [0.717, 1.165) is 18.2 Å². The molecule has 20 heteroatoms. The van der Waals surface area contributed by atoms with Gasteiger partial charge in [-0.05, 0) is 37.3 Å². The number of hydrogen-bond donors (Lipinski definition) is 1. The van der Waals surface area contributed by atoms with Crippen molar-refractivity contribution in [3.63, 3.8) is 0 Å². The Kier molecular flexibility index (Phi) is 14.5. The van der Waals surface area contributed by atoms with Gasteiger partial charge in [0, 0.05) is 20.3 Å². The van der Waals surface area contributed by atoms with E-state index in [2.05, 4.69) is 20.4 Å². The Bertz CT molecular complexity index is 1280. The van der Waals surface area contributed by atoms with Crippen molar-refractivity contribution in [3.8, 4) is 0 Å². The van der Waals surface area contributed by atoms with Crippen LogP contribution in [-0.2, 0) is 51.5 Å². The lowest BCUT2D eigenvalue weighted by molar-refractivity contribution is -0.0477. The van der Waals surface area contributed by atoms with E-state index in [1.165, 1.54) is 27.1 Å². The number of fused-ring (bicyclic) bond motifs is 1. The number of nitrogens with one attached hydrogen (secondary N) is 1. The molecule has 1 saturated carbocycles. The molecule has 0 aromatic carbocycles. The zero-order valence-electron chi connectivity index (χ0n) is 25.6. The van der Waals surface area contributed by atoms with Gasteiger partial charge in [-0.15, -0.1) is 0 Å². The number of rotatable bonds is 19. The Hall–Kier alpha value is -2.83. The molecule has 1 aliphatic carbocycles. The highest BCUT2D eigenvalue weighted by Gasteiger charge is 2.32. The summed E-state index contributed by atoms with van der Waals surface area (Å²) >= 11 is 6.25. The van der Waals surface area contributed by atoms with Crippen molar-refractivity contribution in [1.29, 1.82) is 0 Å². The van der Waals surface area contributed by atoms with E-state index in [4.69, 9.17) is 58.5 Å². The second-order valence-electron chi connectivity index (χ2n) is 10.2. The van der Waals surface area contributed by atoms with Crippen LogP contribution in [0.3, 0.4) is 0 Å². The van der Waals surface area contributed by atoms with Gasteiger partial charge in [0.2, 0.25) is 18.9 Å². The Morgan fingerprint density at radius 3 is 2.24 bits per heavy atom. The van der Waals surface area contributed by atoms with Crippen LogP contribution in [0.25, 0.3) is 11.0 Å². The Morgan fingerprint density at radius 1 is 0.957 bits per heavy atom. The molecule has 0 unspecified atom stereocenters. The first kappa shape index (κ1) is 36.0. The van der Waals surface area contributed by atoms with Crippen LogP contribution in [-0.4, -0.2) is 111 Å².